The highest BCUT2D eigenvalue weighted by atomic mass is 16.2. The third-order valence-electron chi connectivity index (χ3n) is 5.87. The first-order valence-electron chi connectivity index (χ1n) is 10.2. The van der Waals surface area contributed by atoms with Crippen molar-refractivity contribution < 1.29 is 9.59 Å². The van der Waals surface area contributed by atoms with Gasteiger partial charge in [-0.05, 0) is 31.0 Å². The van der Waals surface area contributed by atoms with Gasteiger partial charge in [0.25, 0.3) is 0 Å². The highest BCUT2D eigenvalue weighted by Gasteiger charge is 2.24. The standard InChI is InChI=1S/C24H27N3O2/c1-17-7-3-4-8-19(17)15-23(29)27-13-11-26(12-14-27)16-22(28)24-18(2)25-21-10-6-5-9-20(21)24/h3-10,25H,11-16H2,1-2H3. The first-order valence-corrected chi connectivity index (χ1v) is 10.2. The number of aromatic nitrogens is 1. The molecule has 4 rings (SSSR count). The van der Waals surface area contributed by atoms with Crippen molar-refractivity contribution in [3.05, 3.63) is 70.9 Å². The van der Waals surface area contributed by atoms with Crippen LogP contribution in [0.25, 0.3) is 10.9 Å². The molecule has 2 heterocycles. The van der Waals surface area contributed by atoms with Crippen LogP contribution in [0.5, 0.6) is 0 Å². The lowest BCUT2D eigenvalue weighted by molar-refractivity contribution is -0.132. The van der Waals surface area contributed by atoms with Crippen molar-refractivity contribution in [1.82, 2.24) is 14.8 Å². The summed E-state index contributed by atoms with van der Waals surface area (Å²) in [5, 5.41) is 0.988. The number of ketones is 1. The highest BCUT2D eigenvalue weighted by molar-refractivity contribution is 6.10. The molecule has 5 heteroatoms. The third kappa shape index (κ3) is 4.10. The van der Waals surface area contributed by atoms with E-state index in [1.807, 2.05) is 67.3 Å². The van der Waals surface area contributed by atoms with E-state index in [0.717, 1.165) is 46.4 Å². The molecule has 1 fully saturated rings. The molecule has 0 bridgehead atoms. The number of aryl methyl sites for hydroxylation is 2. The van der Waals surface area contributed by atoms with Gasteiger partial charge in [0.05, 0.1) is 13.0 Å². The van der Waals surface area contributed by atoms with Crippen LogP contribution in [0.4, 0.5) is 0 Å². The maximum atomic E-state index is 13.0. The summed E-state index contributed by atoms with van der Waals surface area (Å²) in [6.07, 6.45) is 0.445. The number of hydrogen-bond donors (Lipinski definition) is 1. The molecular formula is C24H27N3O2. The highest BCUT2D eigenvalue weighted by Crippen LogP contribution is 2.22. The normalized spacial score (nSPS) is 15.0. The Kier molecular flexibility index (Phi) is 5.49. The van der Waals surface area contributed by atoms with E-state index in [4.69, 9.17) is 0 Å². The van der Waals surface area contributed by atoms with E-state index in [1.165, 1.54) is 0 Å². The predicted octanol–water partition coefficient (Wildman–Crippen LogP) is 3.35. The average Bonchev–Trinajstić information content (AvgIpc) is 3.06. The van der Waals surface area contributed by atoms with Crippen LogP contribution in [0.3, 0.4) is 0 Å². The van der Waals surface area contributed by atoms with Crippen LogP contribution in [0.1, 0.15) is 27.2 Å². The van der Waals surface area contributed by atoms with E-state index >= 15 is 0 Å². The minimum absolute atomic E-state index is 0.139. The number of H-pyrrole nitrogens is 1. The Morgan fingerprint density at radius 1 is 0.931 bits per heavy atom. The average molecular weight is 389 g/mol. The number of fused-ring (bicyclic) bond motifs is 1. The van der Waals surface area contributed by atoms with Crippen molar-refractivity contribution in [3.8, 4) is 0 Å². The van der Waals surface area contributed by atoms with Gasteiger partial charge in [0.15, 0.2) is 5.78 Å². The lowest BCUT2D eigenvalue weighted by atomic mass is 10.0. The largest absolute Gasteiger partial charge is 0.358 e. The van der Waals surface area contributed by atoms with Crippen LogP contribution in [0.2, 0.25) is 0 Å². The molecular weight excluding hydrogens is 362 g/mol. The first-order chi connectivity index (χ1) is 14.0. The number of amides is 1. The van der Waals surface area contributed by atoms with Gasteiger partial charge >= 0.3 is 0 Å². The van der Waals surface area contributed by atoms with Crippen LogP contribution in [-0.4, -0.2) is 59.2 Å². The number of carbonyl (C=O) groups excluding carboxylic acids is 2. The molecule has 5 nitrogen and oxygen atoms in total. The number of hydrogen-bond acceptors (Lipinski definition) is 3. The van der Waals surface area contributed by atoms with E-state index < -0.39 is 0 Å². The molecule has 1 aromatic heterocycles. The van der Waals surface area contributed by atoms with Gasteiger partial charge in [-0.2, -0.15) is 0 Å². The minimum atomic E-state index is 0.139. The Bertz CT molecular complexity index is 1050. The minimum Gasteiger partial charge on any atom is -0.358 e. The second-order valence-electron chi connectivity index (χ2n) is 7.85. The molecule has 0 atom stereocenters. The first kappa shape index (κ1) is 19.4. The van der Waals surface area contributed by atoms with Crippen molar-refractivity contribution >= 4 is 22.6 Å². The maximum Gasteiger partial charge on any atom is 0.227 e. The van der Waals surface area contributed by atoms with Crippen molar-refractivity contribution in [2.24, 2.45) is 0 Å². The van der Waals surface area contributed by atoms with Crippen molar-refractivity contribution in [2.75, 3.05) is 32.7 Å². The van der Waals surface area contributed by atoms with Gasteiger partial charge < -0.3 is 9.88 Å². The number of nitrogens with one attached hydrogen (secondary N) is 1. The maximum absolute atomic E-state index is 13.0. The summed E-state index contributed by atoms with van der Waals surface area (Å²) < 4.78 is 0. The fourth-order valence-electron chi connectivity index (χ4n) is 4.16. The fraction of sp³-hybridized carbons (Fsp3) is 0.333. The topological polar surface area (TPSA) is 56.4 Å². The Labute approximate surface area is 171 Å². The summed E-state index contributed by atoms with van der Waals surface area (Å²) in [6, 6.07) is 16.0. The number of nitrogens with zero attached hydrogens (tertiary/aromatic N) is 2. The second-order valence-corrected chi connectivity index (χ2v) is 7.85. The molecule has 0 saturated carbocycles. The number of carbonyl (C=O) groups is 2. The number of rotatable bonds is 5. The van der Waals surface area contributed by atoms with E-state index in [2.05, 4.69) is 9.88 Å². The number of para-hydroxylation sites is 1. The Morgan fingerprint density at radius 2 is 1.62 bits per heavy atom. The van der Waals surface area contributed by atoms with Gasteiger partial charge in [0.1, 0.15) is 0 Å². The summed E-state index contributed by atoms with van der Waals surface area (Å²) >= 11 is 0. The molecule has 1 amide bonds. The summed E-state index contributed by atoms with van der Waals surface area (Å²) in [5.74, 6) is 0.303. The molecule has 1 N–H and O–H groups in total. The molecule has 29 heavy (non-hydrogen) atoms. The van der Waals surface area contributed by atoms with Gasteiger partial charge in [-0.3, -0.25) is 14.5 Å². The van der Waals surface area contributed by atoms with Gasteiger partial charge in [-0.15, -0.1) is 0 Å². The summed E-state index contributed by atoms with van der Waals surface area (Å²) in [6.45, 7) is 7.19. The number of piperazine rings is 1. The van der Waals surface area contributed by atoms with Gasteiger partial charge in [-0.25, -0.2) is 0 Å². The smallest absolute Gasteiger partial charge is 0.227 e. The summed E-state index contributed by atoms with van der Waals surface area (Å²) in [7, 11) is 0. The zero-order valence-electron chi connectivity index (χ0n) is 17.1. The third-order valence-corrected chi connectivity index (χ3v) is 5.87. The second kappa shape index (κ2) is 8.21. The number of benzene rings is 2. The SMILES string of the molecule is Cc1ccccc1CC(=O)N1CCN(CC(=O)c2c(C)[nH]c3ccccc23)CC1. The van der Waals surface area contributed by atoms with E-state index in [0.29, 0.717) is 26.1 Å². The van der Waals surface area contributed by atoms with E-state index in [-0.39, 0.29) is 11.7 Å². The summed E-state index contributed by atoms with van der Waals surface area (Å²) in [4.78, 5) is 33.0. The zero-order chi connectivity index (χ0) is 20.4. The molecule has 0 unspecified atom stereocenters. The fourth-order valence-corrected chi connectivity index (χ4v) is 4.16. The molecule has 3 aromatic rings. The van der Waals surface area contributed by atoms with Gasteiger partial charge in [-0.1, -0.05) is 42.5 Å². The number of Topliss-reactive ketones (excluding diaryl/α,β-unsaturated/α-hetero) is 1. The van der Waals surface area contributed by atoms with Crippen LogP contribution in [0.15, 0.2) is 48.5 Å². The van der Waals surface area contributed by atoms with Crippen LogP contribution < -0.4 is 0 Å². The van der Waals surface area contributed by atoms with Gasteiger partial charge in [0, 0.05) is 48.3 Å². The van der Waals surface area contributed by atoms with Crippen LogP contribution in [0, 0.1) is 13.8 Å². The Hall–Kier alpha value is -2.92. The molecule has 1 saturated heterocycles. The van der Waals surface area contributed by atoms with Crippen LogP contribution in [-0.2, 0) is 11.2 Å². The lowest BCUT2D eigenvalue weighted by Gasteiger charge is -2.34. The predicted molar refractivity (Wildman–Crippen MR) is 115 cm³/mol. The molecule has 0 spiro atoms. The molecule has 2 aromatic carbocycles. The molecule has 150 valence electrons. The molecule has 1 aliphatic rings. The monoisotopic (exact) mass is 389 g/mol. The molecule has 1 aliphatic heterocycles. The van der Waals surface area contributed by atoms with Crippen molar-refractivity contribution in [3.63, 3.8) is 0 Å². The van der Waals surface area contributed by atoms with Crippen molar-refractivity contribution in [1.29, 1.82) is 0 Å². The van der Waals surface area contributed by atoms with Gasteiger partial charge in [0.2, 0.25) is 5.91 Å². The van der Waals surface area contributed by atoms with Crippen LogP contribution >= 0.6 is 0 Å². The zero-order valence-corrected chi connectivity index (χ0v) is 17.1. The Morgan fingerprint density at radius 3 is 2.38 bits per heavy atom. The quantitative estimate of drug-likeness (QED) is 0.681. The lowest BCUT2D eigenvalue weighted by Crippen LogP contribution is -2.50. The molecule has 0 radical (unpaired) electrons. The molecule has 0 aliphatic carbocycles. The van der Waals surface area contributed by atoms with Crippen molar-refractivity contribution in [2.45, 2.75) is 20.3 Å². The van der Waals surface area contributed by atoms with E-state index in [1.54, 1.807) is 0 Å². The Balaban J connectivity index is 1.35. The summed E-state index contributed by atoms with van der Waals surface area (Å²) in [5.41, 5.74) is 4.95. The van der Waals surface area contributed by atoms with E-state index in [9.17, 15) is 9.59 Å². The number of aromatic amines is 1.